The van der Waals surface area contributed by atoms with E-state index in [0.29, 0.717) is 6.10 Å². The van der Waals surface area contributed by atoms with Crippen LogP contribution in [0.3, 0.4) is 0 Å². The van der Waals surface area contributed by atoms with Gasteiger partial charge in [0.2, 0.25) is 0 Å². The van der Waals surface area contributed by atoms with E-state index in [1.54, 1.807) is 0 Å². The summed E-state index contributed by atoms with van der Waals surface area (Å²) in [6.45, 7) is 9.25. The van der Waals surface area contributed by atoms with Crippen molar-refractivity contribution in [3.8, 4) is 0 Å². The van der Waals surface area contributed by atoms with Crippen LogP contribution in [-0.4, -0.2) is 70.0 Å². The smallest absolute Gasteiger partial charge is 0.193 e. The van der Waals surface area contributed by atoms with Crippen molar-refractivity contribution in [3.05, 3.63) is 29.8 Å². The summed E-state index contributed by atoms with van der Waals surface area (Å²) >= 11 is 0. The molecule has 1 N–H and O–H groups in total. The number of aliphatic imine (C=N–C) groups is 1. The number of benzene rings is 1. The first-order chi connectivity index (χ1) is 12.8. The van der Waals surface area contributed by atoms with Crippen LogP contribution in [0.1, 0.15) is 25.3 Å². The van der Waals surface area contributed by atoms with E-state index in [0.717, 1.165) is 71.3 Å². The van der Waals surface area contributed by atoms with Gasteiger partial charge in [-0.3, -0.25) is 4.99 Å². The highest BCUT2D eigenvalue weighted by molar-refractivity contribution is 14.0. The van der Waals surface area contributed by atoms with Crippen LogP contribution in [0.2, 0.25) is 0 Å². The van der Waals surface area contributed by atoms with Gasteiger partial charge in [0.1, 0.15) is 0 Å². The van der Waals surface area contributed by atoms with Crippen molar-refractivity contribution in [2.24, 2.45) is 4.99 Å². The second kappa shape index (κ2) is 11.7. The molecule has 0 amide bonds. The summed E-state index contributed by atoms with van der Waals surface area (Å²) in [4.78, 5) is 9.17. The lowest BCUT2D eigenvalue weighted by atomic mass is 10.1. The molecule has 2 fully saturated rings. The summed E-state index contributed by atoms with van der Waals surface area (Å²) in [5, 5.41) is 3.50. The molecule has 3 rings (SSSR count). The average molecular weight is 488 g/mol. The van der Waals surface area contributed by atoms with Crippen LogP contribution in [0.15, 0.2) is 29.3 Å². The van der Waals surface area contributed by atoms with Gasteiger partial charge in [0.05, 0.1) is 19.3 Å². The summed E-state index contributed by atoms with van der Waals surface area (Å²) in [6, 6.07) is 8.82. The van der Waals surface area contributed by atoms with Crippen LogP contribution in [-0.2, 0) is 16.0 Å². The molecular formula is C20H33IN4O2. The molecule has 0 aromatic heterocycles. The lowest BCUT2D eigenvalue weighted by Gasteiger charge is -2.34. The molecule has 2 aliphatic rings. The highest BCUT2D eigenvalue weighted by Gasteiger charge is 2.21. The highest BCUT2D eigenvalue weighted by Crippen LogP contribution is 2.17. The van der Waals surface area contributed by atoms with Crippen molar-refractivity contribution < 1.29 is 9.47 Å². The topological polar surface area (TPSA) is 49.3 Å². The van der Waals surface area contributed by atoms with Gasteiger partial charge in [0.25, 0.3) is 0 Å². The predicted octanol–water partition coefficient (Wildman–Crippen LogP) is 2.72. The number of hydrogen-bond donors (Lipinski definition) is 1. The van der Waals surface area contributed by atoms with E-state index in [-0.39, 0.29) is 24.0 Å². The van der Waals surface area contributed by atoms with Crippen LogP contribution in [0.5, 0.6) is 0 Å². The van der Waals surface area contributed by atoms with Gasteiger partial charge in [0, 0.05) is 52.1 Å². The van der Waals surface area contributed by atoms with E-state index < -0.39 is 0 Å². The zero-order valence-corrected chi connectivity index (χ0v) is 18.9. The molecule has 0 bridgehead atoms. The minimum atomic E-state index is 0. The number of likely N-dealkylation sites (tertiary alicyclic amines) is 1. The van der Waals surface area contributed by atoms with Gasteiger partial charge in [0.15, 0.2) is 5.96 Å². The molecule has 0 aliphatic carbocycles. The quantitative estimate of drug-likeness (QED) is 0.393. The Labute approximate surface area is 180 Å². The number of anilines is 1. The third-order valence-electron chi connectivity index (χ3n) is 5.12. The SMILES string of the molecule is CCOC1CCN(C(=NC)NCc2ccc(N3CCOCC3)cc2)CC1.I. The maximum atomic E-state index is 5.74. The van der Waals surface area contributed by atoms with Crippen molar-refractivity contribution in [2.75, 3.05) is 57.9 Å². The van der Waals surface area contributed by atoms with Crippen LogP contribution >= 0.6 is 24.0 Å². The Bertz CT molecular complexity index is 568. The Hall–Kier alpha value is -1.06. The Balaban J connectivity index is 0.00000261. The molecule has 1 aromatic carbocycles. The Morgan fingerprint density at radius 2 is 1.81 bits per heavy atom. The minimum Gasteiger partial charge on any atom is -0.378 e. The molecule has 1 aromatic rings. The predicted molar refractivity (Wildman–Crippen MR) is 121 cm³/mol. The molecule has 6 nitrogen and oxygen atoms in total. The molecule has 2 aliphatic heterocycles. The molecule has 27 heavy (non-hydrogen) atoms. The summed E-state index contributed by atoms with van der Waals surface area (Å²) in [5.41, 5.74) is 2.55. The molecule has 0 spiro atoms. The van der Waals surface area contributed by atoms with E-state index in [9.17, 15) is 0 Å². The molecule has 2 saturated heterocycles. The van der Waals surface area contributed by atoms with Crippen molar-refractivity contribution in [1.29, 1.82) is 0 Å². The summed E-state index contributed by atoms with van der Waals surface area (Å²) in [7, 11) is 1.86. The van der Waals surface area contributed by atoms with Gasteiger partial charge in [-0.1, -0.05) is 12.1 Å². The number of hydrogen-bond acceptors (Lipinski definition) is 4. The number of halogens is 1. The van der Waals surface area contributed by atoms with Gasteiger partial charge in [-0.25, -0.2) is 0 Å². The first-order valence-electron chi connectivity index (χ1n) is 9.79. The van der Waals surface area contributed by atoms with Crippen molar-refractivity contribution >= 4 is 35.6 Å². The Kier molecular flexibility index (Phi) is 9.64. The lowest BCUT2D eigenvalue weighted by Crippen LogP contribution is -2.46. The van der Waals surface area contributed by atoms with Crippen molar-refractivity contribution in [1.82, 2.24) is 10.2 Å². The van der Waals surface area contributed by atoms with Crippen LogP contribution in [0.25, 0.3) is 0 Å². The normalized spacial score (nSPS) is 19.0. The van der Waals surface area contributed by atoms with Gasteiger partial charge < -0.3 is 24.6 Å². The molecule has 0 atom stereocenters. The Morgan fingerprint density at radius 1 is 1.15 bits per heavy atom. The number of nitrogens with one attached hydrogen (secondary N) is 1. The van der Waals surface area contributed by atoms with E-state index in [4.69, 9.17) is 9.47 Å². The monoisotopic (exact) mass is 488 g/mol. The molecule has 0 unspecified atom stereocenters. The lowest BCUT2D eigenvalue weighted by molar-refractivity contribution is 0.0263. The third kappa shape index (κ3) is 6.50. The number of guanidine groups is 1. The highest BCUT2D eigenvalue weighted by atomic mass is 127. The first-order valence-corrected chi connectivity index (χ1v) is 9.79. The summed E-state index contributed by atoms with van der Waals surface area (Å²) < 4.78 is 11.2. The number of rotatable bonds is 5. The van der Waals surface area contributed by atoms with Gasteiger partial charge in [-0.05, 0) is 37.5 Å². The molecule has 2 heterocycles. The Morgan fingerprint density at radius 3 is 2.41 bits per heavy atom. The largest absolute Gasteiger partial charge is 0.378 e. The minimum absolute atomic E-state index is 0. The zero-order chi connectivity index (χ0) is 18.2. The van der Waals surface area contributed by atoms with E-state index in [1.165, 1.54) is 11.3 Å². The summed E-state index contributed by atoms with van der Waals surface area (Å²) in [6.07, 6.45) is 2.55. The number of ether oxygens (including phenoxy) is 2. The molecule has 152 valence electrons. The first kappa shape index (κ1) is 22.2. The standard InChI is InChI=1S/C20H32N4O2.HI/c1-3-26-19-8-10-24(11-9-19)20(21-2)22-16-17-4-6-18(7-5-17)23-12-14-25-15-13-23;/h4-7,19H,3,8-16H2,1-2H3,(H,21,22);1H. The van der Waals surface area contributed by atoms with Crippen LogP contribution < -0.4 is 10.2 Å². The maximum Gasteiger partial charge on any atom is 0.193 e. The number of nitrogens with zero attached hydrogens (tertiary/aromatic N) is 3. The van der Waals surface area contributed by atoms with E-state index >= 15 is 0 Å². The molecule has 7 heteroatoms. The molecule has 0 saturated carbocycles. The fourth-order valence-corrected chi connectivity index (χ4v) is 3.63. The van der Waals surface area contributed by atoms with Crippen molar-refractivity contribution in [3.63, 3.8) is 0 Å². The number of piperidine rings is 1. The van der Waals surface area contributed by atoms with Crippen LogP contribution in [0.4, 0.5) is 5.69 Å². The second-order valence-corrected chi connectivity index (χ2v) is 6.81. The van der Waals surface area contributed by atoms with Gasteiger partial charge >= 0.3 is 0 Å². The molecular weight excluding hydrogens is 455 g/mol. The summed E-state index contributed by atoms with van der Waals surface area (Å²) in [5.74, 6) is 0.984. The van der Waals surface area contributed by atoms with Gasteiger partial charge in [-0.2, -0.15) is 0 Å². The zero-order valence-electron chi connectivity index (χ0n) is 16.5. The fraction of sp³-hybridized carbons (Fsp3) is 0.650. The second-order valence-electron chi connectivity index (χ2n) is 6.81. The van der Waals surface area contributed by atoms with Gasteiger partial charge in [-0.15, -0.1) is 24.0 Å². The maximum absolute atomic E-state index is 5.74. The molecule has 0 radical (unpaired) electrons. The third-order valence-corrected chi connectivity index (χ3v) is 5.12. The van der Waals surface area contributed by atoms with Crippen LogP contribution in [0, 0.1) is 0 Å². The van der Waals surface area contributed by atoms with E-state index in [2.05, 4.69) is 51.3 Å². The van der Waals surface area contributed by atoms with E-state index in [1.807, 2.05) is 7.05 Å². The average Bonchev–Trinajstić information content (AvgIpc) is 2.71. The number of morpholine rings is 1. The fourth-order valence-electron chi connectivity index (χ4n) is 3.63. The van der Waals surface area contributed by atoms with Crippen molar-refractivity contribution in [2.45, 2.75) is 32.4 Å².